The third-order valence-corrected chi connectivity index (χ3v) is 4.92. The van der Waals surface area contributed by atoms with Crippen LogP contribution >= 0.6 is 0 Å². The number of carbonyl (C=O) groups excluding carboxylic acids is 1. The Balaban J connectivity index is 1.93. The largest absolute Gasteiger partial charge is 0.465 e. The molecular formula is C20H21N5O4. The average Bonchev–Trinajstić information content (AvgIpc) is 3.21. The minimum Gasteiger partial charge on any atom is -0.465 e. The standard InChI is InChI=1S/C20H21N5O4/c1-4-29-15(26)12-25-18(27)16-17(22(3)20(25)28)21-19-23(13(2)10-24(16)19)11-14-8-6-5-7-9-14/h5-10H,4,11-12H2,1-3H3. The topological polar surface area (TPSA) is 92.5 Å². The number of aryl methyl sites for hydroxylation is 2. The van der Waals surface area contributed by atoms with Gasteiger partial charge < -0.3 is 9.30 Å². The van der Waals surface area contributed by atoms with Crippen LogP contribution in [0.4, 0.5) is 0 Å². The molecule has 0 saturated heterocycles. The lowest BCUT2D eigenvalue weighted by Gasteiger charge is -2.07. The molecule has 0 amide bonds. The fraction of sp³-hybridized carbons (Fsp3) is 0.300. The number of rotatable bonds is 5. The lowest BCUT2D eigenvalue weighted by atomic mass is 10.2. The van der Waals surface area contributed by atoms with Crippen LogP contribution in [-0.4, -0.2) is 35.7 Å². The highest BCUT2D eigenvalue weighted by Crippen LogP contribution is 2.17. The van der Waals surface area contributed by atoms with E-state index < -0.39 is 23.8 Å². The maximum atomic E-state index is 13.1. The maximum Gasteiger partial charge on any atom is 0.333 e. The number of imidazole rings is 2. The molecule has 150 valence electrons. The van der Waals surface area contributed by atoms with Crippen LogP contribution in [0.5, 0.6) is 0 Å². The molecule has 0 unspecified atom stereocenters. The molecule has 0 aliphatic carbocycles. The molecule has 0 aliphatic rings. The number of ether oxygens (including phenoxy) is 1. The van der Waals surface area contributed by atoms with Gasteiger partial charge in [-0.2, -0.15) is 4.98 Å². The normalized spacial score (nSPS) is 11.4. The molecule has 0 N–H and O–H groups in total. The first-order valence-electron chi connectivity index (χ1n) is 9.29. The summed E-state index contributed by atoms with van der Waals surface area (Å²) >= 11 is 0. The molecule has 0 saturated carbocycles. The second-order valence-electron chi connectivity index (χ2n) is 6.83. The number of hydrogen-bond donors (Lipinski definition) is 0. The summed E-state index contributed by atoms with van der Waals surface area (Å²) in [4.78, 5) is 42.2. The number of aromatic nitrogens is 5. The minimum atomic E-state index is -0.635. The van der Waals surface area contributed by atoms with Gasteiger partial charge in [-0.25, -0.2) is 9.36 Å². The number of benzene rings is 1. The molecular weight excluding hydrogens is 374 g/mol. The monoisotopic (exact) mass is 395 g/mol. The van der Waals surface area contributed by atoms with Crippen molar-refractivity contribution in [1.82, 2.24) is 23.1 Å². The number of esters is 1. The number of carbonyl (C=O) groups is 1. The quantitative estimate of drug-likeness (QED) is 0.471. The average molecular weight is 395 g/mol. The molecule has 3 aromatic heterocycles. The van der Waals surface area contributed by atoms with E-state index in [4.69, 9.17) is 4.74 Å². The third-order valence-electron chi connectivity index (χ3n) is 4.92. The summed E-state index contributed by atoms with van der Waals surface area (Å²) in [6.45, 7) is 3.92. The molecule has 1 aromatic carbocycles. The summed E-state index contributed by atoms with van der Waals surface area (Å²) in [6.07, 6.45) is 1.81. The summed E-state index contributed by atoms with van der Waals surface area (Å²) in [5.74, 6) is -0.0769. The molecule has 0 fully saturated rings. The van der Waals surface area contributed by atoms with Gasteiger partial charge in [0, 0.05) is 18.9 Å². The summed E-state index contributed by atoms with van der Waals surface area (Å²) in [5.41, 5.74) is 1.36. The van der Waals surface area contributed by atoms with E-state index >= 15 is 0 Å². The lowest BCUT2D eigenvalue weighted by molar-refractivity contribution is -0.143. The smallest absolute Gasteiger partial charge is 0.333 e. The van der Waals surface area contributed by atoms with Gasteiger partial charge in [-0.15, -0.1) is 0 Å². The highest BCUT2D eigenvalue weighted by atomic mass is 16.5. The van der Waals surface area contributed by atoms with Crippen molar-refractivity contribution in [3.8, 4) is 0 Å². The van der Waals surface area contributed by atoms with E-state index in [1.165, 1.54) is 11.6 Å². The summed E-state index contributed by atoms with van der Waals surface area (Å²) in [7, 11) is 1.53. The zero-order chi connectivity index (χ0) is 20.7. The molecule has 4 rings (SSSR count). The van der Waals surface area contributed by atoms with Gasteiger partial charge in [0.15, 0.2) is 11.2 Å². The third kappa shape index (κ3) is 3.04. The molecule has 29 heavy (non-hydrogen) atoms. The summed E-state index contributed by atoms with van der Waals surface area (Å²) in [5, 5.41) is 0. The molecule has 0 aliphatic heterocycles. The Hall–Kier alpha value is -3.62. The van der Waals surface area contributed by atoms with Crippen molar-refractivity contribution in [2.45, 2.75) is 26.9 Å². The molecule has 3 heterocycles. The van der Waals surface area contributed by atoms with E-state index in [9.17, 15) is 14.4 Å². The van der Waals surface area contributed by atoms with Gasteiger partial charge in [0.2, 0.25) is 5.78 Å². The van der Waals surface area contributed by atoms with Crippen LogP contribution in [0.15, 0.2) is 46.1 Å². The van der Waals surface area contributed by atoms with E-state index in [-0.39, 0.29) is 17.8 Å². The SMILES string of the molecule is CCOC(=O)Cn1c(=O)c2c(nc3n(Cc4ccccc4)c(C)cn23)n(C)c1=O. The number of nitrogens with zero attached hydrogens (tertiary/aromatic N) is 5. The van der Waals surface area contributed by atoms with Gasteiger partial charge in [-0.1, -0.05) is 30.3 Å². The second-order valence-corrected chi connectivity index (χ2v) is 6.83. The lowest BCUT2D eigenvalue weighted by Crippen LogP contribution is -2.41. The number of fused-ring (bicyclic) bond motifs is 3. The summed E-state index contributed by atoms with van der Waals surface area (Å²) in [6, 6.07) is 9.91. The Morgan fingerprint density at radius 1 is 1.14 bits per heavy atom. The highest BCUT2D eigenvalue weighted by Gasteiger charge is 2.21. The Kier molecular flexibility index (Phi) is 4.57. The fourth-order valence-electron chi connectivity index (χ4n) is 3.49. The van der Waals surface area contributed by atoms with Crippen molar-refractivity contribution in [2.24, 2.45) is 7.05 Å². The van der Waals surface area contributed by atoms with Crippen LogP contribution in [0.3, 0.4) is 0 Å². The second kappa shape index (κ2) is 7.08. The molecule has 9 nitrogen and oxygen atoms in total. The first kappa shape index (κ1) is 18.7. The Bertz CT molecular complexity index is 1340. The van der Waals surface area contributed by atoms with Crippen LogP contribution in [0.25, 0.3) is 16.9 Å². The van der Waals surface area contributed by atoms with Crippen molar-refractivity contribution in [3.63, 3.8) is 0 Å². The van der Waals surface area contributed by atoms with E-state index in [0.717, 1.165) is 15.8 Å². The van der Waals surface area contributed by atoms with E-state index in [2.05, 4.69) is 4.98 Å². The Morgan fingerprint density at radius 3 is 2.55 bits per heavy atom. The molecule has 4 aromatic rings. The predicted octanol–water partition coefficient (Wildman–Crippen LogP) is 1.07. The van der Waals surface area contributed by atoms with E-state index in [1.807, 2.05) is 48.0 Å². The van der Waals surface area contributed by atoms with Crippen LogP contribution in [0.1, 0.15) is 18.2 Å². The molecule has 9 heteroatoms. The molecule has 0 spiro atoms. The maximum absolute atomic E-state index is 13.1. The fourth-order valence-corrected chi connectivity index (χ4v) is 3.49. The Morgan fingerprint density at radius 2 is 1.86 bits per heavy atom. The van der Waals surface area contributed by atoms with Crippen molar-refractivity contribution in [3.05, 3.63) is 68.6 Å². The van der Waals surface area contributed by atoms with Crippen LogP contribution in [0, 0.1) is 6.92 Å². The zero-order valence-corrected chi connectivity index (χ0v) is 16.5. The molecule has 0 bridgehead atoms. The zero-order valence-electron chi connectivity index (χ0n) is 16.5. The van der Waals surface area contributed by atoms with Gasteiger partial charge in [0.1, 0.15) is 6.54 Å². The molecule has 0 radical (unpaired) electrons. The van der Waals surface area contributed by atoms with Crippen LogP contribution in [0.2, 0.25) is 0 Å². The predicted molar refractivity (Wildman–Crippen MR) is 107 cm³/mol. The highest BCUT2D eigenvalue weighted by molar-refractivity contribution is 5.76. The molecule has 0 atom stereocenters. The number of hydrogen-bond acceptors (Lipinski definition) is 5. The van der Waals surface area contributed by atoms with E-state index in [1.54, 1.807) is 11.3 Å². The van der Waals surface area contributed by atoms with Crippen LogP contribution in [-0.2, 0) is 29.7 Å². The first-order valence-corrected chi connectivity index (χ1v) is 9.29. The van der Waals surface area contributed by atoms with Crippen molar-refractivity contribution < 1.29 is 9.53 Å². The van der Waals surface area contributed by atoms with Gasteiger partial charge in [-0.3, -0.25) is 18.6 Å². The van der Waals surface area contributed by atoms with Crippen molar-refractivity contribution >= 4 is 22.9 Å². The van der Waals surface area contributed by atoms with Gasteiger partial charge in [0.25, 0.3) is 5.56 Å². The van der Waals surface area contributed by atoms with Gasteiger partial charge in [-0.05, 0) is 19.4 Å². The Labute approximate surface area is 165 Å². The van der Waals surface area contributed by atoms with Crippen molar-refractivity contribution in [1.29, 1.82) is 0 Å². The van der Waals surface area contributed by atoms with E-state index in [0.29, 0.717) is 12.3 Å². The van der Waals surface area contributed by atoms with Crippen molar-refractivity contribution in [2.75, 3.05) is 6.61 Å². The van der Waals surface area contributed by atoms with Gasteiger partial charge >= 0.3 is 11.7 Å². The van der Waals surface area contributed by atoms with Crippen LogP contribution < -0.4 is 11.2 Å². The minimum absolute atomic E-state index is 0.175. The van der Waals surface area contributed by atoms with Gasteiger partial charge in [0.05, 0.1) is 13.2 Å². The summed E-state index contributed by atoms with van der Waals surface area (Å²) < 4.78 is 10.7. The first-order chi connectivity index (χ1) is 13.9.